The molecule has 0 saturated carbocycles. The molecule has 1 aliphatic carbocycles. The fourth-order valence-electron chi connectivity index (χ4n) is 3.18. The molecule has 0 amide bonds. The fraction of sp³-hybridized carbons (Fsp3) is 0.300. The minimum Gasteiger partial charge on any atom is -0.507 e. The number of phenols is 2. The van der Waals surface area contributed by atoms with E-state index >= 15 is 0 Å². The molecule has 0 spiro atoms. The SMILES string of the molecule is CCCNc1ccc(NCCC)c2c1C(=O)c1c(O)ccc(O)c1C2=O. The highest BCUT2D eigenvalue weighted by molar-refractivity contribution is 6.33. The van der Waals surface area contributed by atoms with E-state index in [1.807, 2.05) is 13.8 Å². The second-order valence-electron chi connectivity index (χ2n) is 6.28. The number of carbonyl (C=O) groups is 2. The number of phenolic OH excluding ortho intramolecular Hbond substituents is 2. The summed E-state index contributed by atoms with van der Waals surface area (Å²) in [4.78, 5) is 26.3. The molecule has 26 heavy (non-hydrogen) atoms. The molecule has 4 N–H and O–H groups in total. The Kier molecular flexibility index (Phi) is 4.84. The van der Waals surface area contributed by atoms with Gasteiger partial charge in [0, 0.05) is 24.5 Å². The average molecular weight is 354 g/mol. The quantitative estimate of drug-likeness (QED) is 0.506. The molecule has 0 aromatic heterocycles. The molecule has 0 atom stereocenters. The molecule has 0 radical (unpaired) electrons. The Morgan fingerprint density at radius 1 is 0.692 bits per heavy atom. The van der Waals surface area contributed by atoms with Gasteiger partial charge in [-0.3, -0.25) is 9.59 Å². The molecular weight excluding hydrogens is 332 g/mol. The van der Waals surface area contributed by atoms with Gasteiger partial charge in [0.1, 0.15) is 11.5 Å². The minimum atomic E-state index is -0.471. The Morgan fingerprint density at radius 3 is 1.42 bits per heavy atom. The summed E-state index contributed by atoms with van der Waals surface area (Å²) in [6.45, 7) is 5.30. The van der Waals surface area contributed by atoms with Gasteiger partial charge in [-0.2, -0.15) is 0 Å². The van der Waals surface area contributed by atoms with Crippen LogP contribution in [0.25, 0.3) is 0 Å². The smallest absolute Gasteiger partial charge is 0.200 e. The lowest BCUT2D eigenvalue weighted by Gasteiger charge is -2.24. The van der Waals surface area contributed by atoms with Crippen LogP contribution < -0.4 is 10.6 Å². The van der Waals surface area contributed by atoms with Crippen molar-refractivity contribution in [3.8, 4) is 11.5 Å². The van der Waals surface area contributed by atoms with E-state index in [0.29, 0.717) is 24.5 Å². The van der Waals surface area contributed by atoms with Crippen molar-refractivity contribution in [1.29, 1.82) is 0 Å². The number of benzene rings is 2. The van der Waals surface area contributed by atoms with E-state index in [1.54, 1.807) is 12.1 Å². The Balaban J connectivity index is 2.26. The number of aromatic hydroxyl groups is 2. The zero-order chi connectivity index (χ0) is 18.8. The summed E-state index contributed by atoms with van der Waals surface area (Å²) in [7, 11) is 0. The van der Waals surface area contributed by atoms with Gasteiger partial charge in [-0.15, -0.1) is 0 Å². The number of anilines is 2. The van der Waals surface area contributed by atoms with Crippen LogP contribution in [0, 0.1) is 0 Å². The van der Waals surface area contributed by atoms with Crippen molar-refractivity contribution in [2.45, 2.75) is 26.7 Å². The molecule has 0 unspecified atom stereocenters. The molecule has 0 fully saturated rings. The lowest BCUT2D eigenvalue weighted by molar-refractivity contribution is 0.0975. The Labute approximate surface area is 151 Å². The molecule has 136 valence electrons. The molecule has 3 rings (SSSR count). The first-order valence-electron chi connectivity index (χ1n) is 8.80. The van der Waals surface area contributed by atoms with Gasteiger partial charge in [0.2, 0.25) is 11.6 Å². The van der Waals surface area contributed by atoms with Gasteiger partial charge in [-0.25, -0.2) is 0 Å². The van der Waals surface area contributed by atoms with Crippen LogP contribution in [0.4, 0.5) is 11.4 Å². The van der Waals surface area contributed by atoms with Crippen LogP contribution in [-0.4, -0.2) is 34.9 Å². The predicted octanol–water partition coefficient (Wildman–Crippen LogP) is 3.52. The number of fused-ring (bicyclic) bond motifs is 2. The molecule has 2 aromatic carbocycles. The van der Waals surface area contributed by atoms with Crippen molar-refractivity contribution in [1.82, 2.24) is 0 Å². The molecule has 0 aliphatic heterocycles. The van der Waals surface area contributed by atoms with Gasteiger partial charge in [-0.05, 0) is 37.1 Å². The van der Waals surface area contributed by atoms with E-state index < -0.39 is 11.6 Å². The standard InChI is InChI=1S/C20H22N2O4/c1-3-9-21-11-5-6-12(22-10-4-2)16-15(11)19(25)17-13(23)7-8-14(24)18(17)20(16)26/h5-8,21-24H,3-4,9-10H2,1-2H3. The molecule has 1 aliphatic rings. The van der Waals surface area contributed by atoms with E-state index in [1.165, 1.54) is 12.1 Å². The number of hydrogen-bond donors (Lipinski definition) is 4. The normalized spacial score (nSPS) is 12.5. The molecule has 6 heteroatoms. The fourth-order valence-corrected chi connectivity index (χ4v) is 3.18. The predicted molar refractivity (Wildman–Crippen MR) is 101 cm³/mol. The average Bonchev–Trinajstić information content (AvgIpc) is 2.64. The number of nitrogens with one attached hydrogen (secondary N) is 2. The maximum absolute atomic E-state index is 13.1. The Morgan fingerprint density at radius 2 is 1.08 bits per heavy atom. The highest BCUT2D eigenvalue weighted by Gasteiger charge is 2.37. The zero-order valence-electron chi connectivity index (χ0n) is 14.8. The highest BCUT2D eigenvalue weighted by atomic mass is 16.3. The van der Waals surface area contributed by atoms with E-state index in [0.717, 1.165) is 12.8 Å². The lowest BCUT2D eigenvalue weighted by atomic mass is 9.81. The Hall–Kier alpha value is -3.02. The van der Waals surface area contributed by atoms with Crippen molar-refractivity contribution < 1.29 is 19.8 Å². The zero-order valence-corrected chi connectivity index (χ0v) is 14.8. The summed E-state index contributed by atoms with van der Waals surface area (Å²) in [5.41, 5.74) is 1.28. The van der Waals surface area contributed by atoms with Crippen molar-refractivity contribution in [3.05, 3.63) is 46.5 Å². The van der Waals surface area contributed by atoms with Gasteiger partial charge in [0.25, 0.3) is 0 Å². The van der Waals surface area contributed by atoms with Crippen LogP contribution in [-0.2, 0) is 0 Å². The number of carbonyl (C=O) groups excluding carboxylic acids is 2. The minimum absolute atomic E-state index is 0.144. The van der Waals surface area contributed by atoms with Gasteiger partial charge in [0.05, 0.1) is 22.3 Å². The van der Waals surface area contributed by atoms with Crippen LogP contribution in [0.2, 0.25) is 0 Å². The van der Waals surface area contributed by atoms with E-state index in [9.17, 15) is 19.8 Å². The summed E-state index contributed by atoms with van der Waals surface area (Å²) < 4.78 is 0. The van der Waals surface area contributed by atoms with Gasteiger partial charge in [-0.1, -0.05) is 13.8 Å². The van der Waals surface area contributed by atoms with Gasteiger partial charge in [0.15, 0.2) is 0 Å². The lowest BCUT2D eigenvalue weighted by Crippen LogP contribution is -2.25. The summed E-state index contributed by atoms with van der Waals surface area (Å²) in [6.07, 6.45) is 1.71. The van der Waals surface area contributed by atoms with Crippen LogP contribution in [0.5, 0.6) is 11.5 Å². The maximum Gasteiger partial charge on any atom is 0.200 e. The van der Waals surface area contributed by atoms with E-state index in [-0.39, 0.29) is 33.8 Å². The highest BCUT2D eigenvalue weighted by Crippen LogP contribution is 2.42. The summed E-state index contributed by atoms with van der Waals surface area (Å²) in [5, 5.41) is 26.7. The third kappa shape index (κ3) is 2.77. The summed E-state index contributed by atoms with van der Waals surface area (Å²) >= 11 is 0. The number of ketones is 2. The molecule has 0 saturated heterocycles. The third-order valence-corrected chi connectivity index (χ3v) is 4.41. The Bertz CT molecular complexity index is 818. The van der Waals surface area contributed by atoms with E-state index in [4.69, 9.17) is 0 Å². The van der Waals surface area contributed by atoms with Crippen molar-refractivity contribution >= 4 is 22.9 Å². The van der Waals surface area contributed by atoms with Gasteiger partial charge >= 0.3 is 0 Å². The molecular formula is C20H22N2O4. The number of rotatable bonds is 6. The van der Waals surface area contributed by atoms with Crippen LogP contribution in [0.1, 0.15) is 58.5 Å². The van der Waals surface area contributed by atoms with Crippen LogP contribution in [0.3, 0.4) is 0 Å². The monoisotopic (exact) mass is 354 g/mol. The first-order valence-corrected chi connectivity index (χ1v) is 8.80. The maximum atomic E-state index is 13.1. The van der Waals surface area contributed by atoms with Crippen molar-refractivity contribution in [3.63, 3.8) is 0 Å². The summed E-state index contributed by atoms with van der Waals surface area (Å²) in [6, 6.07) is 5.98. The second-order valence-corrected chi connectivity index (χ2v) is 6.28. The molecule has 6 nitrogen and oxygen atoms in total. The van der Waals surface area contributed by atoms with Crippen LogP contribution >= 0.6 is 0 Å². The first-order chi connectivity index (χ1) is 12.5. The summed E-state index contributed by atoms with van der Waals surface area (Å²) in [5.74, 6) is -1.56. The molecule has 0 heterocycles. The van der Waals surface area contributed by atoms with Crippen molar-refractivity contribution in [2.75, 3.05) is 23.7 Å². The third-order valence-electron chi connectivity index (χ3n) is 4.41. The molecule has 0 bridgehead atoms. The van der Waals surface area contributed by atoms with Crippen LogP contribution in [0.15, 0.2) is 24.3 Å². The second kappa shape index (κ2) is 7.07. The topological polar surface area (TPSA) is 98.7 Å². The van der Waals surface area contributed by atoms with Crippen molar-refractivity contribution in [2.24, 2.45) is 0 Å². The molecule has 2 aromatic rings. The first kappa shape index (κ1) is 17.8. The van der Waals surface area contributed by atoms with E-state index in [2.05, 4.69) is 10.6 Å². The van der Waals surface area contributed by atoms with Gasteiger partial charge < -0.3 is 20.8 Å². The largest absolute Gasteiger partial charge is 0.507 e. The number of hydrogen-bond acceptors (Lipinski definition) is 6.